The van der Waals surface area contributed by atoms with Crippen molar-refractivity contribution in [2.24, 2.45) is 4.99 Å². The lowest BCUT2D eigenvalue weighted by Gasteiger charge is -2.25. The molecule has 2 heterocycles. The highest BCUT2D eigenvalue weighted by atomic mass is 32.1. The molecule has 5 aromatic rings. The Morgan fingerprint density at radius 3 is 2.45 bits per heavy atom. The van der Waals surface area contributed by atoms with E-state index in [0.717, 1.165) is 16.7 Å². The summed E-state index contributed by atoms with van der Waals surface area (Å²) in [4.78, 5) is 33.1. The van der Waals surface area contributed by atoms with E-state index >= 15 is 0 Å². The highest BCUT2D eigenvalue weighted by molar-refractivity contribution is 7.07. The number of hydrogen-bond acceptors (Lipinski definition) is 8. The number of amides is 1. The molecule has 0 aliphatic carbocycles. The van der Waals surface area contributed by atoms with Crippen molar-refractivity contribution < 1.29 is 19.0 Å². The average Bonchev–Trinajstić information content (AvgIpc) is 3.40. The molecule has 47 heavy (non-hydrogen) atoms. The average molecular weight is 643 g/mol. The zero-order chi connectivity index (χ0) is 32.9. The van der Waals surface area contributed by atoms with Gasteiger partial charge in [0.1, 0.15) is 12.4 Å². The van der Waals surface area contributed by atoms with Crippen molar-refractivity contribution in [3.05, 3.63) is 150 Å². The number of nitrogens with zero attached hydrogens (tertiary/aromatic N) is 3. The minimum atomic E-state index is -0.718. The van der Waals surface area contributed by atoms with E-state index in [1.807, 2.05) is 66.7 Å². The van der Waals surface area contributed by atoms with Crippen LogP contribution in [0.15, 0.2) is 118 Å². The predicted octanol–water partition coefficient (Wildman–Crippen LogP) is 5.34. The highest BCUT2D eigenvalue weighted by Gasteiger charge is 2.32. The maximum Gasteiger partial charge on any atom is 0.271 e. The maximum absolute atomic E-state index is 14.1. The molecule has 0 bridgehead atoms. The number of hydrogen-bond donors (Lipinski definition) is 1. The Bertz CT molecular complexity index is 2210. The molecule has 0 saturated carbocycles. The topological polar surface area (TPSA) is 115 Å². The van der Waals surface area contributed by atoms with Crippen molar-refractivity contribution in [2.45, 2.75) is 19.6 Å². The molecule has 9 nitrogen and oxygen atoms in total. The van der Waals surface area contributed by atoms with Crippen LogP contribution in [0.5, 0.6) is 17.2 Å². The van der Waals surface area contributed by atoms with E-state index in [1.54, 1.807) is 62.1 Å². The lowest BCUT2D eigenvalue weighted by molar-refractivity contribution is -0.113. The second kappa shape index (κ2) is 13.6. The van der Waals surface area contributed by atoms with Crippen LogP contribution in [0.1, 0.15) is 35.2 Å². The Morgan fingerprint density at radius 2 is 1.72 bits per heavy atom. The Morgan fingerprint density at radius 1 is 0.979 bits per heavy atom. The normalized spacial score (nSPS) is 14.1. The molecule has 10 heteroatoms. The third-order valence-corrected chi connectivity index (χ3v) is 8.72. The number of thiazole rings is 1. The number of carbonyl (C=O) groups is 1. The van der Waals surface area contributed by atoms with Gasteiger partial charge in [-0.05, 0) is 66.6 Å². The van der Waals surface area contributed by atoms with E-state index in [9.17, 15) is 14.9 Å². The summed E-state index contributed by atoms with van der Waals surface area (Å²) in [5.74, 6) is 1.30. The number of ether oxygens (including phenoxy) is 3. The summed E-state index contributed by atoms with van der Waals surface area (Å²) in [7, 11) is 3.13. The fourth-order valence-electron chi connectivity index (χ4n) is 5.39. The minimum Gasteiger partial charge on any atom is -0.497 e. The number of carbonyl (C=O) groups excluding carboxylic acids is 1. The second-order valence-corrected chi connectivity index (χ2v) is 11.7. The van der Waals surface area contributed by atoms with Crippen LogP contribution in [0.3, 0.4) is 0 Å². The number of fused-ring (bicyclic) bond motifs is 1. The second-order valence-electron chi connectivity index (χ2n) is 10.6. The Hall–Kier alpha value is -5.92. The summed E-state index contributed by atoms with van der Waals surface area (Å²) in [6.45, 7) is 1.98. The summed E-state index contributed by atoms with van der Waals surface area (Å²) in [6, 6.07) is 30.6. The van der Waals surface area contributed by atoms with E-state index in [4.69, 9.17) is 19.2 Å². The van der Waals surface area contributed by atoms with Crippen LogP contribution >= 0.6 is 11.3 Å². The predicted molar refractivity (Wildman–Crippen MR) is 180 cm³/mol. The Labute approximate surface area is 274 Å². The van der Waals surface area contributed by atoms with Gasteiger partial charge in [0.15, 0.2) is 16.3 Å². The van der Waals surface area contributed by atoms with Crippen LogP contribution in [-0.2, 0) is 11.4 Å². The molecule has 0 spiro atoms. The Balaban J connectivity index is 1.38. The number of para-hydroxylation sites is 1. The molecule has 234 valence electrons. The third kappa shape index (κ3) is 6.43. The van der Waals surface area contributed by atoms with E-state index in [-0.39, 0.29) is 18.1 Å². The molecule has 1 aliphatic heterocycles. The number of aromatic nitrogens is 1. The van der Waals surface area contributed by atoms with Gasteiger partial charge in [0.2, 0.25) is 0 Å². The quantitative estimate of drug-likeness (QED) is 0.232. The molecule has 0 fully saturated rings. The summed E-state index contributed by atoms with van der Waals surface area (Å²) < 4.78 is 19.0. The summed E-state index contributed by atoms with van der Waals surface area (Å²) in [5.41, 5.74) is 4.03. The van der Waals surface area contributed by atoms with Gasteiger partial charge in [0.05, 0.1) is 47.7 Å². The van der Waals surface area contributed by atoms with E-state index in [2.05, 4.69) is 11.4 Å². The molecule has 1 aliphatic rings. The number of rotatable bonds is 9. The molecule has 1 amide bonds. The zero-order valence-corrected chi connectivity index (χ0v) is 26.7. The molecule has 1 atom stereocenters. The van der Waals surface area contributed by atoms with Crippen molar-refractivity contribution in [3.8, 4) is 23.3 Å². The fourth-order valence-corrected chi connectivity index (χ4v) is 6.44. The molecule has 0 saturated heterocycles. The molecular formula is C37H30N4O5S. The summed E-state index contributed by atoms with van der Waals surface area (Å²) >= 11 is 1.25. The van der Waals surface area contributed by atoms with Gasteiger partial charge in [-0.1, -0.05) is 65.9 Å². The first-order valence-electron chi connectivity index (χ1n) is 14.7. The molecule has 0 radical (unpaired) electrons. The number of methoxy groups -OCH3 is 2. The van der Waals surface area contributed by atoms with Crippen molar-refractivity contribution >= 4 is 29.0 Å². The van der Waals surface area contributed by atoms with Gasteiger partial charge in [0, 0.05) is 11.3 Å². The van der Waals surface area contributed by atoms with Crippen LogP contribution in [0, 0.1) is 11.3 Å². The maximum atomic E-state index is 14.1. The molecule has 1 aromatic heterocycles. The molecule has 6 rings (SSSR count). The summed E-state index contributed by atoms with van der Waals surface area (Å²) in [6.07, 6.45) is 1.77. The first-order valence-corrected chi connectivity index (χ1v) is 15.5. The monoisotopic (exact) mass is 642 g/mol. The van der Waals surface area contributed by atoms with Crippen molar-refractivity contribution in [1.82, 2.24) is 4.57 Å². The largest absolute Gasteiger partial charge is 0.497 e. The summed E-state index contributed by atoms with van der Waals surface area (Å²) in [5, 5.41) is 12.4. The SMILES string of the molecule is COc1ccc([C@H]2C(C(=O)Nc3ccccc3)=C(C)N=c3s/c(=C/c4ccc(OCc5ccccc5C#N)c(OC)c4)c(=O)n32)cc1. The van der Waals surface area contributed by atoms with Crippen molar-refractivity contribution in [3.63, 3.8) is 0 Å². The van der Waals surface area contributed by atoms with Crippen molar-refractivity contribution in [2.75, 3.05) is 19.5 Å². The fraction of sp³-hybridized carbons (Fsp3) is 0.135. The van der Waals surface area contributed by atoms with E-state index < -0.39 is 6.04 Å². The van der Waals surface area contributed by atoms with Crippen LogP contribution in [-0.4, -0.2) is 24.7 Å². The molecule has 1 N–H and O–H groups in total. The first kappa shape index (κ1) is 31.1. The van der Waals surface area contributed by atoms with Gasteiger partial charge in [-0.25, -0.2) is 4.99 Å². The number of benzene rings is 4. The number of nitrogens with one attached hydrogen (secondary N) is 1. The van der Waals surface area contributed by atoms with E-state index in [1.165, 1.54) is 11.3 Å². The van der Waals surface area contributed by atoms with E-state index in [0.29, 0.717) is 49.1 Å². The van der Waals surface area contributed by atoms with Crippen LogP contribution < -0.4 is 34.4 Å². The van der Waals surface area contributed by atoms with Gasteiger partial charge in [-0.3, -0.25) is 14.2 Å². The lowest BCUT2D eigenvalue weighted by Crippen LogP contribution is -2.40. The first-order chi connectivity index (χ1) is 22.9. The van der Waals surface area contributed by atoms with Gasteiger partial charge >= 0.3 is 0 Å². The molecule has 4 aromatic carbocycles. The highest BCUT2D eigenvalue weighted by Crippen LogP contribution is 2.32. The lowest BCUT2D eigenvalue weighted by atomic mass is 9.95. The minimum absolute atomic E-state index is 0.197. The number of allylic oxidation sites excluding steroid dienone is 1. The van der Waals surface area contributed by atoms with Gasteiger partial charge in [-0.2, -0.15) is 5.26 Å². The molecular weight excluding hydrogens is 612 g/mol. The molecule has 0 unspecified atom stereocenters. The van der Waals surface area contributed by atoms with Crippen LogP contribution in [0.4, 0.5) is 5.69 Å². The number of anilines is 1. The zero-order valence-electron chi connectivity index (χ0n) is 25.9. The third-order valence-electron chi connectivity index (χ3n) is 7.74. The number of nitriles is 1. The van der Waals surface area contributed by atoms with Gasteiger partial charge in [-0.15, -0.1) is 0 Å². The van der Waals surface area contributed by atoms with Gasteiger partial charge in [0.25, 0.3) is 11.5 Å². The standard InChI is InChI=1S/C37H30N4O5S/c1-23-33(35(42)40-28-11-5-4-6-12-28)34(25-14-16-29(44-2)17-15-25)41-36(43)32(47-37(41)39-23)20-24-13-18-30(31(19-24)45-3)46-22-27-10-8-7-9-26(27)21-38/h4-20,34H,22H2,1-3H3,(H,40,42)/b32-20+/t34-/m0/s1. The van der Waals surface area contributed by atoms with Crippen LogP contribution in [0.2, 0.25) is 0 Å². The van der Waals surface area contributed by atoms with Gasteiger partial charge < -0.3 is 19.5 Å². The van der Waals surface area contributed by atoms with Crippen LogP contribution in [0.25, 0.3) is 6.08 Å². The Kier molecular flexibility index (Phi) is 9.00. The van der Waals surface area contributed by atoms with Crippen molar-refractivity contribution in [1.29, 1.82) is 5.26 Å². The smallest absolute Gasteiger partial charge is 0.271 e.